The number of ether oxygens (including phenoxy) is 2. The van der Waals surface area contributed by atoms with Crippen LogP contribution in [0.4, 0.5) is 10.5 Å². The minimum absolute atomic E-state index is 0.0172. The standard InChI is InChI=1S/C18H27N3O4/c1-12-14(21-18(23)19-12)7-5-4-6-8-17(22)20-13-9-10-15(24-2)16(11-13)25-3/h9-12,14H,4-8H2,1-3H3,(H,20,22)(H2,19,21,23). The van der Waals surface area contributed by atoms with Crippen LogP contribution in [-0.2, 0) is 4.79 Å². The van der Waals surface area contributed by atoms with E-state index in [1.165, 1.54) is 0 Å². The zero-order valence-electron chi connectivity index (χ0n) is 15.1. The second kappa shape index (κ2) is 9.15. The van der Waals surface area contributed by atoms with E-state index in [9.17, 15) is 9.59 Å². The van der Waals surface area contributed by atoms with Crippen LogP contribution in [0.1, 0.15) is 39.0 Å². The van der Waals surface area contributed by atoms with E-state index in [1.807, 2.05) is 6.92 Å². The molecule has 2 atom stereocenters. The minimum atomic E-state index is -0.0909. The van der Waals surface area contributed by atoms with Crippen LogP contribution in [-0.4, -0.2) is 38.2 Å². The first-order valence-electron chi connectivity index (χ1n) is 8.62. The average Bonchev–Trinajstić information content (AvgIpc) is 2.91. The molecule has 0 spiro atoms. The van der Waals surface area contributed by atoms with Crippen LogP contribution in [0.2, 0.25) is 0 Å². The lowest BCUT2D eigenvalue weighted by Gasteiger charge is -2.13. The van der Waals surface area contributed by atoms with E-state index in [0.29, 0.717) is 23.6 Å². The highest BCUT2D eigenvalue weighted by Crippen LogP contribution is 2.29. The second-order valence-corrected chi connectivity index (χ2v) is 6.23. The van der Waals surface area contributed by atoms with Crippen LogP contribution in [0.5, 0.6) is 11.5 Å². The number of benzene rings is 1. The summed E-state index contributed by atoms with van der Waals surface area (Å²) in [6, 6.07) is 5.56. The highest BCUT2D eigenvalue weighted by Gasteiger charge is 2.26. The first kappa shape index (κ1) is 18.9. The summed E-state index contributed by atoms with van der Waals surface area (Å²) < 4.78 is 10.4. The molecule has 0 aliphatic carbocycles. The maximum atomic E-state index is 12.0. The van der Waals surface area contributed by atoms with Gasteiger partial charge in [-0.1, -0.05) is 12.8 Å². The number of urea groups is 1. The number of carbonyl (C=O) groups excluding carboxylic acids is 2. The quantitative estimate of drug-likeness (QED) is 0.598. The molecule has 0 bridgehead atoms. The lowest BCUT2D eigenvalue weighted by Crippen LogP contribution is -2.30. The fourth-order valence-electron chi connectivity index (χ4n) is 2.93. The fraction of sp³-hybridized carbons (Fsp3) is 0.556. The van der Waals surface area contributed by atoms with Crippen molar-refractivity contribution in [1.82, 2.24) is 10.6 Å². The number of carbonyl (C=O) groups is 2. The van der Waals surface area contributed by atoms with Crippen molar-refractivity contribution in [1.29, 1.82) is 0 Å². The SMILES string of the molecule is COc1ccc(NC(=O)CCCCCC2NC(=O)NC2C)cc1OC. The normalized spacial score (nSPS) is 19.1. The van der Waals surface area contributed by atoms with Crippen molar-refractivity contribution in [3.63, 3.8) is 0 Å². The summed E-state index contributed by atoms with van der Waals surface area (Å²) in [7, 11) is 3.14. The van der Waals surface area contributed by atoms with Crippen LogP contribution in [0.3, 0.4) is 0 Å². The molecule has 1 aromatic rings. The molecule has 25 heavy (non-hydrogen) atoms. The number of anilines is 1. The van der Waals surface area contributed by atoms with E-state index >= 15 is 0 Å². The van der Waals surface area contributed by atoms with Gasteiger partial charge in [-0.05, 0) is 31.9 Å². The molecule has 0 aromatic heterocycles. The summed E-state index contributed by atoms with van der Waals surface area (Å²) in [6.45, 7) is 2.00. The van der Waals surface area contributed by atoms with Crippen molar-refractivity contribution >= 4 is 17.6 Å². The van der Waals surface area contributed by atoms with Gasteiger partial charge in [-0.3, -0.25) is 4.79 Å². The summed E-state index contributed by atoms with van der Waals surface area (Å²) in [5, 5.41) is 8.61. The highest BCUT2D eigenvalue weighted by molar-refractivity contribution is 5.91. The highest BCUT2D eigenvalue weighted by atomic mass is 16.5. The number of hydrogen-bond acceptors (Lipinski definition) is 4. The number of methoxy groups -OCH3 is 2. The van der Waals surface area contributed by atoms with Crippen molar-refractivity contribution in [2.24, 2.45) is 0 Å². The van der Waals surface area contributed by atoms with Crippen LogP contribution in [0, 0.1) is 0 Å². The van der Waals surface area contributed by atoms with Gasteiger partial charge in [0.15, 0.2) is 11.5 Å². The smallest absolute Gasteiger partial charge is 0.315 e. The van der Waals surface area contributed by atoms with E-state index in [4.69, 9.17) is 9.47 Å². The lowest BCUT2D eigenvalue weighted by atomic mass is 10.0. The molecule has 7 nitrogen and oxygen atoms in total. The van der Waals surface area contributed by atoms with Crippen molar-refractivity contribution in [3.8, 4) is 11.5 Å². The Balaban J connectivity index is 1.66. The second-order valence-electron chi connectivity index (χ2n) is 6.23. The van der Waals surface area contributed by atoms with Crippen molar-refractivity contribution in [3.05, 3.63) is 18.2 Å². The van der Waals surface area contributed by atoms with Crippen molar-refractivity contribution < 1.29 is 19.1 Å². The van der Waals surface area contributed by atoms with E-state index < -0.39 is 0 Å². The summed E-state index contributed by atoms with van der Waals surface area (Å²) in [5.41, 5.74) is 0.691. The molecule has 138 valence electrons. The first-order valence-corrected chi connectivity index (χ1v) is 8.62. The maximum Gasteiger partial charge on any atom is 0.315 e. The van der Waals surface area contributed by atoms with E-state index in [0.717, 1.165) is 25.7 Å². The molecule has 7 heteroatoms. The monoisotopic (exact) mass is 349 g/mol. The molecule has 0 radical (unpaired) electrons. The number of amides is 3. The minimum Gasteiger partial charge on any atom is -0.493 e. The average molecular weight is 349 g/mol. The van der Waals surface area contributed by atoms with Gasteiger partial charge in [0, 0.05) is 24.2 Å². The van der Waals surface area contributed by atoms with Crippen LogP contribution in [0.25, 0.3) is 0 Å². The van der Waals surface area contributed by atoms with Gasteiger partial charge in [0.25, 0.3) is 0 Å². The predicted octanol–water partition coefficient (Wildman–Crippen LogP) is 2.66. The van der Waals surface area contributed by atoms with Crippen molar-refractivity contribution in [2.75, 3.05) is 19.5 Å². The molecule has 1 aliphatic rings. The Labute approximate surface area is 148 Å². The summed E-state index contributed by atoms with van der Waals surface area (Å²) >= 11 is 0. The van der Waals surface area contributed by atoms with Crippen molar-refractivity contribution in [2.45, 2.75) is 51.1 Å². The first-order chi connectivity index (χ1) is 12.0. The van der Waals surface area contributed by atoms with Gasteiger partial charge in [0.05, 0.1) is 20.3 Å². The molecule has 0 saturated carbocycles. The molecule has 2 rings (SSSR count). The van der Waals surface area contributed by atoms with Gasteiger partial charge in [0.1, 0.15) is 0 Å². The molecular formula is C18H27N3O4. The Bertz CT molecular complexity index is 606. The number of rotatable bonds is 9. The van der Waals surface area contributed by atoms with Gasteiger partial charge in [-0.15, -0.1) is 0 Å². The topological polar surface area (TPSA) is 88.7 Å². The number of hydrogen-bond donors (Lipinski definition) is 3. The Morgan fingerprint density at radius 3 is 2.52 bits per heavy atom. The van der Waals surface area contributed by atoms with Gasteiger partial charge in [-0.25, -0.2) is 4.79 Å². The van der Waals surface area contributed by atoms with Crippen LogP contribution < -0.4 is 25.4 Å². The fourth-order valence-corrected chi connectivity index (χ4v) is 2.93. The predicted molar refractivity (Wildman–Crippen MR) is 96.2 cm³/mol. The molecule has 3 amide bonds. The third kappa shape index (κ3) is 5.55. The molecule has 1 aromatic carbocycles. The zero-order valence-corrected chi connectivity index (χ0v) is 15.1. The molecule has 1 aliphatic heterocycles. The number of unbranched alkanes of at least 4 members (excludes halogenated alkanes) is 2. The van der Waals surface area contributed by atoms with Gasteiger partial charge in [0.2, 0.25) is 5.91 Å². The molecule has 1 saturated heterocycles. The van der Waals surface area contributed by atoms with Crippen LogP contribution >= 0.6 is 0 Å². The third-order valence-corrected chi connectivity index (χ3v) is 4.37. The maximum absolute atomic E-state index is 12.0. The summed E-state index contributed by atoms with van der Waals surface area (Å²) in [6.07, 6.45) is 4.16. The van der Waals surface area contributed by atoms with Crippen LogP contribution in [0.15, 0.2) is 18.2 Å². The summed E-state index contributed by atoms with van der Waals surface area (Å²) in [5.74, 6) is 1.20. The van der Waals surface area contributed by atoms with Gasteiger partial charge >= 0.3 is 6.03 Å². The zero-order chi connectivity index (χ0) is 18.2. The molecule has 1 fully saturated rings. The van der Waals surface area contributed by atoms with E-state index in [1.54, 1.807) is 32.4 Å². The number of nitrogens with one attached hydrogen (secondary N) is 3. The summed E-state index contributed by atoms with van der Waals surface area (Å²) in [4.78, 5) is 23.2. The third-order valence-electron chi connectivity index (χ3n) is 4.37. The molecular weight excluding hydrogens is 322 g/mol. The largest absolute Gasteiger partial charge is 0.493 e. The molecule has 3 N–H and O–H groups in total. The lowest BCUT2D eigenvalue weighted by molar-refractivity contribution is -0.116. The van der Waals surface area contributed by atoms with Gasteiger partial charge in [-0.2, -0.15) is 0 Å². The Morgan fingerprint density at radius 1 is 1.12 bits per heavy atom. The Hall–Kier alpha value is -2.44. The van der Waals surface area contributed by atoms with E-state index in [2.05, 4.69) is 16.0 Å². The molecule has 2 unspecified atom stereocenters. The Morgan fingerprint density at radius 2 is 1.88 bits per heavy atom. The van der Waals surface area contributed by atoms with Gasteiger partial charge < -0.3 is 25.4 Å². The molecule has 1 heterocycles. The van der Waals surface area contributed by atoms with E-state index in [-0.39, 0.29) is 24.0 Å². The Kier molecular flexibility index (Phi) is 6.91.